The lowest BCUT2D eigenvalue weighted by Gasteiger charge is -2.46. The third-order valence-corrected chi connectivity index (χ3v) is 13.7. The molecule has 3 N–H and O–H groups in total. The summed E-state index contributed by atoms with van der Waals surface area (Å²) in [6.45, 7) is 7.78. The van der Waals surface area contributed by atoms with E-state index in [1.54, 1.807) is 23.5 Å². The van der Waals surface area contributed by atoms with E-state index >= 15 is 0 Å². The number of thiophene rings is 1. The topological polar surface area (TPSA) is 201 Å². The minimum atomic E-state index is -0.958. The van der Waals surface area contributed by atoms with Crippen LogP contribution in [0.15, 0.2) is 47.6 Å². The van der Waals surface area contributed by atoms with Crippen molar-refractivity contribution in [3.63, 3.8) is 0 Å². The van der Waals surface area contributed by atoms with Crippen LogP contribution < -0.4 is 20.9 Å². The van der Waals surface area contributed by atoms with Gasteiger partial charge in [-0.2, -0.15) is 0 Å². The molecule has 3 aromatic heterocycles. The number of piperidine rings is 1. The first-order valence-corrected chi connectivity index (χ1v) is 22.4. The quantitative estimate of drug-likeness (QED) is 0.110. The van der Waals surface area contributed by atoms with Crippen molar-refractivity contribution in [3.05, 3.63) is 86.4 Å². The number of carbonyl (C=O) groups is 6. The van der Waals surface area contributed by atoms with Crippen LogP contribution in [0, 0.1) is 26.2 Å². The van der Waals surface area contributed by atoms with Crippen molar-refractivity contribution in [2.45, 2.75) is 97.1 Å². The van der Waals surface area contributed by atoms with Crippen LogP contribution >= 0.6 is 22.9 Å². The summed E-state index contributed by atoms with van der Waals surface area (Å²) < 4.78 is 2.05. The Morgan fingerprint density at radius 1 is 0.919 bits per heavy atom. The van der Waals surface area contributed by atoms with Gasteiger partial charge < -0.3 is 15.5 Å². The van der Waals surface area contributed by atoms with Crippen molar-refractivity contribution in [2.24, 2.45) is 10.4 Å². The first-order chi connectivity index (χ1) is 29.8. The van der Waals surface area contributed by atoms with Gasteiger partial charge in [0.2, 0.25) is 29.5 Å². The van der Waals surface area contributed by atoms with Gasteiger partial charge in [0.1, 0.15) is 28.7 Å². The number of halogens is 1. The second-order valence-electron chi connectivity index (χ2n) is 16.6. The molecule has 324 valence electrons. The van der Waals surface area contributed by atoms with E-state index in [0.29, 0.717) is 35.3 Å². The van der Waals surface area contributed by atoms with Gasteiger partial charge in [-0.3, -0.25) is 48.5 Å². The fourth-order valence-electron chi connectivity index (χ4n) is 8.73. The van der Waals surface area contributed by atoms with Crippen LogP contribution in [0.25, 0.3) is 5.00 Å². The van der Waals surface area contributed by atoms with Gasteiger partial charge in [0.25, 0.3) is 5.91 Å². The minimum Gasteiger partial charge on any atom is -0.356 e. The Hall–Kier alpha value is -5.81. The molecule has 16 nitrogen and oxygen atoms in total. The average molecular weight is 881 g/mol. The number of hydrogen-bond donors (Lipinski definition) is 3. The van der Waals surface area contributed by atoms with Gasteiger partial charge in [0.05, 0.1) is 23.1 Å². The Balaban J connectivity index is 0.728. The Labute approximate surface area is 367 Å². The number of anilines is 1. The molecule has 2 atom stereocenters. The lowest BCUT2D eigenvalue weighted by atomic mass is 9.78. The Bertz CT molecular complexity index is 2460. The molecule has 3 fully saturated rings. The molecule has 18 heteroatoms. The Kier molecular flexibility index (Phi) is 12.4. The minimum absolute atomic E-state index is 0.00732. The summed E-state index contributed by atoms with van der Waals surface area (Å²) in [5, 5.41) is 18.8. The number of rotatable bonds is 15. The number of aromatic nitrogens is 4. The molecule has 0 saturated carbocycles. The van der Waals surface area contributed by atoms with Crippen LogP contribution in [0.4, 0.5) is 5.82 Å². The molecule has 6 amide bonds. The predicted octanol–water partition coefficient (Wildman–Crippen LogP) is 4.84. The number of aryl methyl sites for hydroxylation is 2. The number of hydrogen-bond acceptors (Lipinski definition) is 12. The molecule has 62 heavy (non-hydrogen) atoms. The third-order valence-electron chi connectivity index (χ3n) is 12.2. The van der Waals surface area contributed by atoms with Crippen molar-refractivity contribution >= 4 is 69.9 Å². The van der Waals surface area contributed by atoms with E-state index in [0.717, 1.165) is 76.7 Å². The van der Waals surface area contributed by atoms with Crippen LogP contribution in [-0.2, 0) is 24.0 Å². The van der Waals surface area contributed by atoms with Crippen molar-refractivity contribution in [2.75, 3.05) is 31.1 Å². The molecular weight excluding hydrogens is 832 g/mol. The monoisotopic (exact) mass is 880 g/mol. The van der Waals surface area contributed by atoms with Crippen LogP contribution in [0.1, 0.15) is 114 Å². The fraction of sp³-hybridized carbons (Fsp3) is 0.455. The van der Waals surface area contributed by atoms with Gasteiger partial charge in [0.15, 0.2) is 5.82 Å². The summed E-state index contributed by atoms with van der Waals surface area (Å²) in [5.74, 6) is -0.132. The number of amides is 6. The molecule has 0 radical (unpaired) electrons. The second kappa shape index (κ2) is 17.9. The molecule has 7 heterocycles. The molecule has 4 aliphatic heterocycles. The van der Waals surface area contributed by atoms with Crippen molar-refractivity contribution in [1.82, 2.24) is 40.6 Å². The summed E-state index contributed by atoms with van der Waals surface area (Å²) >= 11 is 7.91. The number of nitrogens with one attached hydrogen (secondary N) is 3. The number of fused-ring (bicyclic) bond motifs is 3. The number of nitrogens with zero attached hydrogens (tertiary/aromatic N) is 7. The van der Waals surface area contributed by atoms with Crippen molar-refractivity contribution in [1.29, 1.82) is 0 Å². The highest BCUT2D eigenvalue weighted by Crippen LogP contribution is 2.44. The zero-order valence-corrected chi connectivity index (χ0v) is 36.5. The zero-order chi connectivity index (χ0) is 43.7. The normalized spacial score (nSPS) is 19.1. The van der Waals surface area contributed by atoms with Crippen LogP contribution in [0.5, 0.6) is 0 Å². The highest BCUT2D eigenvalue weighted by molar-refractivity contribution is 7.15. The summed E-state index contributed by atoms with van der Waals surface area (Å²) in [5.41, 5.74) is 3.42. The van der Waals surface area contributed by atoms with E-state index in [2.05, 4.69) is 45.0 Å². The summed E-state index contributed by atoms with van der Waals surface area (Å²) in [7, 11) is 0. The van der Waals surface area contributed by atoms with Crippen LogP contribution in [0.3, 0.4) is 0 Å². The molecule has 1 unspecified atom stereocenters. The van der Waals surface area contributed by atoms with E-state index in [-0.39, 0.29) is 56.5 Å². The summed E-state index contributed by atoms with van der Waals surface area (Å²) in [6, 6.07) is 9.57. The van der Waals surface area contributed by atoms with Crippen molar-refractivity contribution in [3.8, 4) is 5.00 Å². The van der Waals surface area contributed by atoms with E-state index in [1.807, 2.05) is 40.7 Å². The highest BCUT2D eigenvalue weighted by atomic mass is 35.5. The van der Waals surface area contributed by atoms with Gasteiger partial charge in [-0.15, -0.1) is 21.5 Å². The number of unbranched alkanes of at least 4 members (excludes halogenated alkanes) is 5. The molecule has 3 saturated heterocycles. The molecular formula is C44H49ClN10O6S. The molecule has 1 aromatic carbocycles. The number of benzene rings is 1. The third kappa shape index (κ3) is 8.51. The maximum Gasteiger partial charge on any atom is 0.252 e. The smallest absolute Gasteiger partial charge is 0.252 e. The highest BCUT2D eigenvalue weighted by Gasteiger charge is 2.61. The SMILES string of the molecule is Cc1sc2c(c1C)C(c1ccc(Cl)cc1)=N[C@@H](CC(=O)NCCCCCCCCNC(=O)c1ccc(N3CC4(CC(=O)N(C5CCC(=O)NC5=O)C4=O)C3)nc1)c1nnc(C)n1-2. The summed E-state index contributed by atoms with van der Waals surface area (Å²) in [4.78, 5) is 89.8. The van der Waals surface area contributed by atoms with Gasteiger partial charge in [-0.25, -0.2) is 4.98 Å². The fourth-order valence-corrected chi connectivity index (χ4v) is 10.1. The van der Waals surface area contributed by atoms with Gasteiger partial charge in [0, 0.05) is 66.2 Å². The Morgan fingerprint density at radius 2 is 1.63 bits per heavy atom. The molecule has 0 aliphatic carbocycles. The maximum absolute atomic E-state index is 13.3. The molecule has 8 rings (SSSR count). The van der Waals surface area contributed by atoms with E-state index in [9.17, 15) is 28.8 Å². The van der Waals surface area contributed by atoms with E-state index < -0.39 is 35.2 Å². The number of likely N-dealkylation sites (tertiary alicyclic amines) is 1. The first-order valence-electron chi connectivity index (χ1n) is 21.2. The van der Waals surface area contributed by atoms with Crippen LogP contribution in [-0.4, -0.2) is 98.0 Å². The largest absolute Gasteiger partial charge is 0.356 e. The van der Waals surface area contributed by atoms with Crippen LogP contribution in [0.2, 0.25) is 5.02 Å². The van der Waals surface area contributed by atoms with Gasteiger partial charge in [-0.05, 0) is 69.9 Å². The average Bonchev–Trinajstić information content (AvgIpc) is 3.82. The Morgan fingerprint density at radius 3 is 2.32 bits per heavy atom. The number of pyridine rings is 1. The lowest BCUT2D eigenvalue weighted by Crippen LogP contribution is -2.62. The molecule has 1 spiro atoms. The van der Waals surface area contributed by atoms with Gasteiger partial charge in [-0.1, -0.05) is 49.4 Å². The van der Waals surface area contributed by atoms with E-state index in [4.69, 9.17) is 16.6 Å². The number of imide groups is 2. The van der Waals surface area contributed by atoms with E-state index in [1.165, 1.54) is 11.1 Å². The second-order valence-corrected chi connectivity index (χ2v) is 18.2. The van der Waals surface area contributed by atoms with Crippen molar-refractivity contribution < 1.29 is 28.8 Å². The lowest BCUT2D eigenvalue weighted by molar-refractivity contribution is -0.152. The molecule has 4 aromatic rings. The molecule has 0 bridgehead atoms. The predicted molar refractivity (Wildman–Crippen MR) is 232 cm³/mol. The van der Waals surface area contributed by atoms with Gasteiger partial charge >= 0.3 is 0 Å². The zero-order valence-electron chi connectivity index (χ0n) is 35.0. The first kappa shape index (κ1) is 42.9. The summed E-state index contributed by atoms with van der Waals surface area (Å²) in [6.07, 6.45) is 7.52. The number of aliphatic imine (C=N–C) groups is 1. The molecule has 4 aliphatic rings. The maximum atomic E-state index is 13.3. The number of carbonyl (C=O) groups excluding carboxylic acids is 6. The standard InChI is InChI=1S/C44H49ClN10O6S/c1-25-26(2)62-42-37(25)38(28-10-13-30(45)14-11-28)49-31(39-52-51-27(3)54(39)42)20-35(57)46-18-8-6-4-5-7-9-19-47-40(59)29-12-16-33(48-22-29)53-23-44(24-53)21-36(58)55(43(44)61)32-15-17-34(56)50-41(32)60/h10-14,16,22,31-32H,4-9,15,17-21,23-24H2,1-3H3,(H,46,57)(H,47,59)(H,50,56,60)/t31-,32?/m0/s1.